The van der Waals surface area contributed by atoms with E-state index in [0.29, 0.717) is 19.6 Å². The molecular weight excluding hydrogens is 575 g/mol. The number of nitrogens with one attached hydrogen (secondary N) is 3. The molecule has 4 aromatic rings. The first kappa shape index (κ1) is 27.7. The highest BCUT2D eigenvalue weighted by Gasteiger charge is 2.27. The quantitative estimate of drug-likeness (QED) is 0.288. The highest BCUT2D eigenvalue weighted by Crippen LogP contribution is 2.36. The van der Waals surface area contributed by atoms with Crippen LogP contribution in [0, 0.1) is 17.5 Å². The Hall–Kier alpha value is -3.88. The van der Waals surface area contributed by atoms with Gasteiger partial charge in [-0.15, -0.1) is 0 Å². The fourth-order valence-electron chi connectivity index (χ4n) is 4.36. The zero-order valence-corrected chi connectivity index (χ0v) is 22.3. The zero-order chi connectivity index (χ0) is 28.6. The molecule has 0 bridgehead atoms. The third kappa shape index (κ3) is 5.17. The second-order valence-corrected chi connectivity index (χ2v) is 10.9. The van der Waals surface area contributed by atoms with Gasteiger partial charge in [-0.3, -0.25) is 14.6 Å². The maximum absolute atomic E-state index is 15.6. The summed E-state index contributed by atoms with van der Waals surface area (Å²) < 4.78 is 84.3. The maximum Gasteiger partial charge on any atom is 0.272 e. The summed E-state index contributed by atoms with van der Waals surface area (Å²) in [5.74, 6) is -4.51. The van der Waals surface area contributed by atoms with Gasteiger partial charge in [0.2, 0.25) is 5.88 Å². The van der Waals surface area contributed by atoms with Crippen LogP contribution in [0.15, 0.2) is 41.4 Å². The van der Waals surface area contributed by atoms with E-state index in [1.807, 2.05) is 4.72 Å². The zero-order valence-electron chi connectivity index (χ0n) is 20.7. The van der Waals surface area contributed by atoms with E-state index in [9.17, 15) is 17.6 Å². The van der Waals surface area contributed by atoms with Crippen molar-refractivity contribution < 1.29 is 35.9 Å². The molecule has 1 amide bonds. The van der Waals surface area contributed by atoms with Crippen LogP contribution in [0.3, 0.4) is 0 Å². The number of pyridine rings is 1. The summed E-state index contributed by atoms with van der Waals surface area (Å²) in [7, 11) is -3.34. The number of rotatable bonds is 7. The van der Waals surface area contributed by atoms with Crippen LogP contribution in [0.25, 0.3) is 22.0 Å². The minimum Gasteiger partial charge on any atom is -0.480 e. The number of nitrogens with zero attached hydrogens (tertiary/aromatic N) is 2. The van der Waals surface area contributed by atoms with Gasteiger partial charge in [-0.05, 0) is 37.1 Å². The fraction of sp³-hybridized carbons (Fsp3) is 0.240. The number of hydrogen-bond acceptors (Lipinski definition) is 7. The summed E-state index contributed by atoms with van der Waals surface area (Å²) in [4.78, 5) is 16.0. The van der Waals surface area contributed by atoms with Gasteiger partial charge in [0.1, 0.15) is 11.3 Å². The number of H-pyrrole nitrogens is 1. The molecule has 0 spiro atoms. The molecule has 1 atom stereocenters. The highest BCUT2D eigenvalue weighted by atomic mass is 35.5. The second kappa shape index (κ2) is 10.9. The Kier molecular flexibility index (Phi) is 7.57. The van der Waals surface area contributed by atoms with Crippen LogP contribution in [0.4, 0.5) is 18.9 Å². The van der Waals surface area contributed by atoms with Gasteiger partial charge in [-0.1, -0.05) is 17.7 Å². The molecule has 2 aromatic heterocycles. The monoisotopic (exact) mass is 595 g/mol. The summed E-state index contributed by atoms with van der Waals surface area (Å²) in [6, 6.07) is 4.82. The molecule has 10 nitrogen and oxygen atoms in total. The molecule has 1 unspecified atom stereocenters. The number of hydrogen-bond donors (Lipinski definition) is 3. The van der Waals surface area contributed by atoms with Crippen LogP contribution in [0.1, 0.15) is 23.3 Å². The van der Waals surface area contributed by atoms with Crippen molar-refractivity contribution in [3.05, 3.63) is 64.7 Å². The Bertz CT molecular complexity index is 1730. The number of halogens is 4. The Morgan fingerprint density at radius 1 is 1.20 bits per heavy atom. The van der Waals surface area contributed by atoms with E-state index in [1.54, 1.807) is 0 Å². The third-order valence-electron chi connectivity index (χ3n) is 6.26. The minimum absolute atomic E-state index is 0.0310. The van der Waals surface area contributed by atoms with E-state index in [-0.39, 0.29) is 33.5 Å². The lowest BCUT2D eigenvalue weighted by atomic mass is 10.0. The highest BCUT2D eigenvalue weighted by molar-refractivity contribution is 7.92. The molecule has 1 aliphatic heterocycles. The number of carbonyl (C=O) groups is 1. The van der Waals surface area contributed by atoms with E-state index >= 15 is 8.78 Å². The lowest BCUT2D eigenvalue weighted by Crippen LogP contribution is -2.40. The van der Waals surface area contributed by atoms with Gasteiger partial charge in [0.25, 0.3) is 15.9 Å². The molecule has 1 aliphatic rings. The first-order valence-corrected chi connectivity index (χ1v) is 13.7. The van der Waals surface area contributed by atoms with Crippen molar-refractivity contribution in [1.82, 2.24) is 20.5 Å². The molecule has 1 fully saturated rings. The number of sulfonamides is 1. The van der Waals surface area contributed by atoms with Crippen LogP contribution in [0.5, 0.6) is 5.88 Å². The van der Waals surface area contributed by atoms with Crippen LogP contribution in [-0.2, 0) is 14.8 Å². The van der Waals surface area contributed by atoms with Crippen molar-refractivity contribution in [3.8, 4) is 17.0 Å². The van der Waals surface area contributed by atoms with Crippen LogP contribution in [-0.4, -0.2) is 55.9 Å². The van der Waals surface area contributed by atoms with Crippen molar-refractivity contribution in [1.29, 1.82) is 0 Å². The number of fused-ring (bicyclic) bond motifs is 1. The molecule has 0 saturated carbocycles. The molecule has 1 saturated heterocycles. The van der Waals surface area contributed by atoms with Gasteiger partial charge >= 0.3 is 0 Å². The number of aromatic nitrogens is 3. The van der Waals surface area contributed by atoms with Gasteiger partial charge < -0.3 is 14.8 Å². The van der Waals surface area contributed by atoms with Crippen LogP contribution in [0.2, 0.25) is 5.02 Å². The second-order valence-electron chi connectivity index (χ2n) is 8.86. The summed E-state index contributed by atoms with van der Waals surface area (Å²) in [5.41, 5.74) is -2.39. The smallest absolute Gasteiger partial charge is 0.272 e. The van der Waals surface area contributed by atoms with Crippen molar-refractivity contribution >= 4 is 44.1 Å². The van der Waals surface area contributed by atoms with Crippen molar-refractivity contribution in [2.75, 3.05) is 25.0 Å². The van der Waals surface area contributed by atoms with Gasteiger partial charge in [0, 0.05) is 23.8 Å². The van der Waals surface area contributed by atoms with Gasteiger partial charge in [0.05, 0.1) is 36.0 Å². The average molecular weight is 596 g/mol. The molecule has 40 heavy (non-hydrogen) atoms. The van der Waals surface area contributed by atoms with Gasteiger partial charge in [0.15, 0.2) is 22.2 Å². The number of methoxy groups -OCH3 is 1. The lowest BCUT2D eigenvalue weighted by Gasteiger charge is -2.22. The van der Waals surface area contributed by atoms with E-state index in [4.69, 9.17) is 21.1 Å². The molecule has 0 radical (unpaired) electrons. The third-order valence-corrected chi connectivity index (χ3v) is 7.83. The Morgan fingerprint density at radius 2 is 2.00 bits per heavy atom. The lowest BCUT2D eigenvalue weighted by molar-refractivity contribution is 0.0622. The predicted octanol–water partition coefficient (Wildman–Crippen LogP) is 4.41. The number of anilines is 1. The molecule has 210 valence electrons. The summed E-state index contributed by atoms with van der Waals surface area (Å²) in [6.07, 6.45) is 2.65. The Morgan fingerprint density at radius 3 is 2.73 bits per heavy atom. The minimum atomic E-state index is -4.52. The van der Waals surface area contributed by atoms with Crippen LogP contribution >= 0.6 is 11.6 Å². The van der Waals surface area contributed by atoms with Gasteiger partial charge in [-0.25, -0.2) is 26.6 Å². The Labute approximate surface area is 230 Å². The SMILES string of the molecule is COc1ncc(Cl)cc1S(=O)(=O)Nc1ccc(F)c(-c2ccc3c(C(=O)NC4CCCOC4)n[nH]c3c2F)c1F. The largest absolute Gasteiger partial charge is 0.480 e. The normalized spacial score (nSPS) is 15.7. The van der Waals surface area contributed by atoms with Crippen molar-refractivity contribution in [3.63, 3.8) is 0 Å². The van der Waals surface area contributed by atoms with E-state index in [0.717, 1.165) is 36.9 Å². The maximum atomic E-state index is 15.6. The number of ether oxygens (including phenoxy) is 2. The van der Waals surface area contributed by atoms with Crippen molar-refractivity contribution in [2.45, 2.75) is 23.8 Å². The molecule has 3 heterocycles. The molecule has 15 heteroatoms. The number of benzene rings is 2. The summed E-state index contributed by atoms with van der Waals surface area (Å²) in [6.45, 7) is 0.944. The van der Waals surface area contributed by atoms with E-state index < -0.39 is 55.1 Å². The first-order valence-electron chi connectivity index (χ1n) is 11.9. The molecule has 0 aliphatic carbocycles. The Balaban J connectivity index is 1.50. The van der Waals surface area contributed by atoms with Gasteiger partial charge in [-0.2, -0.15) is 5.10 Å². The van der Waals surface area contributed by atoms with E-state index in [1.165, 1.54) is 13.2 Å². The summed E-state index contributed by atoms with van der Waals surface area (Å²) in [5, 5.41) is 9.14. The molecule has 3 N–H and O–H groups in total. The fourth-order valence-corrected chi connectivity index (χ4v) is 5.79. The number of aromatic amines is 1. The van der Waals surface area contributed by atoms with Crippen LogP contribution < -0.4 is 14.8 Å². The van der Waals surface area contributed by atoms with Crippen molar-refractivity contribution in [2.24, 2.45) is 0 Å². The standard InChI is InChI=1S/C25H21ClF3N5O5S/c1-38-25-18(9-12(26)10-30-25)40(36,37)34-17-7-6-16(27)19(21(17)29)14-4-5-15-22(20(14)28)32-33-23(15)24(35)31-13-3-2-8-39-11-13/h4-7,9-10,13,34H,2-3,8,11H2,1H3,(H,31,35)(H,32,33). The van der Waals surface area contributed by atoms with E-state index in [2.05, 4.69) is 20.5 Å². The number of carbonyl (C=O) groups excluding carboxylic acids is 1. The number of amides is 1. The molecule has 2 aromatic carbocycles. The molecular formula is C25H21ClF3N5O5S. The average Bonchev–Trinajstić information content (AvgIpc) is 3.37. The predicted molar refractivity (Wildman–Crippen MR) is 139 cm³/mol. The summed E-state index contributed by atoms with van der Waals surface area (Å²) >= 11 is 5.86. The topological polar surface area (TPSA) is 135 Å². The first-order chi connectivity index (χ1) is 19.1. The molecule has 5 rings (SSSR count).